The first kappa shape index (κ1) is 33.3. The Morgan fingerprint density at radius 3 is 2.27 bits per heavy atom. The molecule has 222 valence electrons. The van der Waals surface area contributed by atoms with Crippen LogP contribution in [0.25, 0.3) is 11.0 Å². The number of hydrogen-bond acceptors (Lipinski definition) is 5. The average molecular weight is 553 g/mol. The van der Waals surface area contributed by atoms with Crippen LogP contribution in [-0.4, -0.2) is 19.8 Å². The van der Waals surface area contributed by atoms with Gasteiger partial charge in [0.25, 0.3) is 0 Å². The monoisotopic (exact) mass is 552 g/mol. The summed E-state index contributed by atoms with van der Waals surface area (Å²) in [6.07, 6.45) is 22.1. The van der Waals surface area contributed by atoms with E-state index in [-0.39, 0.29) is 5.75 Å². The predicted octanol–water partition coefficient (Wildman–Crippen LogP) is 10.1. The van der Waals surface area contributed by atoms with Gasteiger partial charge in [-0.15, -0.1) is 0 Å². The van der Waals surface area contributed by atoms with Gasteiger partial charge in [-0.25, -0.2) is 4.79 Å². The number of fused-ring (bicyclic) bond motifs is 1. The summed E-state index contributed by atoms with van der Waals surface area (Å²) in [6, 6.07) is 5.59. The number of rotatable bonds is 21. The molecule has 0 amide bonds. The number of allylic oxidation sites excluding steroid dienone is 4. The van der Waals surface area contributed by atoms with Crippen molar-refractivity contribution in [3.8, 4) is 17.2 Å². The molecule has 0 atom stereocenters. The Balaban J connectivity index is 2.09. The molecule has 40 heavy (non-hydrogen) atoms. The molecular formula is C35H52O5. The SMILES string of the molecule is CCC=CCCOc1c(OCC=C(C)CCC=C(C)C)c2ccc(OCCCCCCCCCC)cc2oc1=O. The van der Waals surface area contributed by atoms with Gasteiger partial charge < -0.3 is 18.6 Å². The Morgan fingerprint density at radius 1 is 0.800 bits per heavy atom. The molecule has 1 heterocycles. The summed E-state index contributed by atoms with van der Waals surface area (Å²) in [7, 11) is 0. The van der Waals surface area contributed by atoms with E-state index in [0.717, 1.165) is 25.7 Å². The lowest BCUT2D eigenvalue weighted by atomic mass is 10.1. The molecule has 1 aromatic carbocycles. The van der Waals surface area contributed by atoms with Crippen LogP contribution in [0.3, 0.4) is 0 Å². The zero-order chi connectivity index (χ0) is 29.0. The highest BCUT2D eigenvalue weighted by atomic mass is 16.5. The van der Waals surface area contributed by atoms with Crippen molar-refractivity contribution < 1.29 is 18.6 Å². The van der Waals surface area contributed by atoms with Crippen molar-refractivity contribution in [2.24, 2.45) is 0 Å². The Morgan fingerprint density at radius 2 is 1.55 bits per heavy atom. The van der Waals surface area contributed by atoms with Gasteiger partial charge in [-0.3, -0.25) is 0 Å². The van der Waals surface area contributed by atoms with Crippen molar-refractivity contribution in [3.05, 3.63) is 64.1 Å². The predicted molar refractivity (Wildman–Crippen MR) is 168 cm³/mol. The van der Waals surface area contributed by atoms with Crippen LogP contribution in [0, 0.1) is 0 Å². The fourth-order valence-electron chi connectivity index (χ4n) is 4.39. The summed E-state index contributed by atoms with van der Waals surface area (Å²) in [4.78, 5) is 13.0. The second-order valence-electron chi connectivity index (χ2n) is 10.7. The molecule has 2 rings (SSSR count). The van der Waals surface area contributed by atoms with E-state index in [1.165, 1.54) is 56.1 Å². The van der Waals surface area contributed by atoms with Crippen molar-refractivity contribution in [2.45, 2.75) is 112 Å². The number of ether oxygens (including phenoxy) is 3. The highest BCUT2D eigenvalue weighted by molar-refractivity contribution is 5.86. The Labute approximate surface area is 242 Å². The Hall–Kier alpha value is -2.95. The molecule has 5 nitrogen and oxygen atoms in total. The Kier molecular flexibility index (Phi) is 16.6. The van der Waals surface area contributed by atoms with Gasteiger partial charge in [-0.1, -0.05) is 88.2 Å². The van der Waals surface area contributed by atoms with Crippen LogP contribution in [0.5, 0.6) is 17.2 Å². The summed E-state index contributed by atoms with van der Waals surface area (Å²) in [5.74, 6) is 1.24. The minimum Gasteiger partial charge on any atom is -0.493 e. The van der Waals surface area contributed by atoms with Crippen molar-refractivity contribution in [1.82, 2.24) is 0 Å². The van der Waals surface area contributed by atoms with Crippen molar-refractivity contribution in [2.75, 3.05) is 19.8 Å². The first-order valence-electron chi connectivity index (χ1n) is 15.4. The summed E-state index contributed by atoms with van der Waals surface area (Å²) in [5, 5.41) is 0.703. The highest BCUT2D eigenvalue weighted by Crippen LogP contribution is 2.35. The molecule has 5 heteroatoms. The van der Waals surface area contributed by atoms with Gasteiger partial charge in [0, 0.05) is 6.07 Å². The maximum absolute atomic E-state index is 13.0. The van der Waals surface area contributed by atoms with Crippen LogP contribution in [0.4, 0.5) is 0 Å². The average Bonchev–Trinajstić information content (AvgIpc) is 2.92. The molecule has 0 saturated carbocycles. The van der Waals surface area contributed by atoms with E-state index in [1.807, 2.05) is 12.1 Å². The number of unbranched alkanes of at least 4 members (excludes halogenated alkanes) is 7. The molecule has 0 radical (unpaired) electrons. The van der Waals surface area contributed by atoms with Gasteiger partial charge in [-0.2, -0.15) is 0 Å². The van der Waals surface area contributed by atoms with Crippen LogP contribution < -0.4 is 19.8 Å². The number of hydrogen-bond donors (Lipinski definition) is 0. The van der Waals surface area contributed by atoms with Gasteiger partial charge in [0.1, 0.15) is 17.9 Å². The van der Waals surface area contributed by atoms with E-state index in [0.29, 0.717) is 48.7 Å². The van der Waals surface area contributed by atoms with E-state index in [9.17, 15) is 4.79 Å². The van der Waals surface area contributed by atoms with Gasteiger partial charge in [0.2, 0.25) is 5.75 Å². The maximum atomic E-state index is 13.0. The van der Waals surface area contributed by atoms with E-state index in [1.54, 1.807) is 6.07 Å². The minimum absolute atomic E-state index is 0.126. The summed E-state index contributed by atoms with van der Waals surface area (Å²) < 4.78 is 23.7. The normalized spacial score (nSPS) is 11.8. The van der Waals surface area contributed by atoms with Crippen molar-refractivity contribution in [3.63, 3.8) is 0 Å². The van der Waals surface area contributed by atoms with E-state index in [4.69, 9.17) is 18.6 Å². The first-order chi connectivity index (χ1) is 19.5. The molecule has 0 N–H and O–H groups in total. The largest absolute Gasteiger partial charge is 0.493 e. The lowest BCUT2D eigenvalue weighted by molar-refractivity contribution is 0.275. The maximum Gasteiger partial charge on any atom is 0.383 e. The molecule has 2 aromatic rings. The van der Waals surface area contributed by atoms with Crippen LogP contribution in [0.15, 0.2) is 62.9 Å². The quantitative estimate of drug-likeness (QED) is 0.0876. The molecule has 0 aliphatic heterocycles. The highest BCUT2D eigenvalue weighted by Gasteiger charge is 2.18. The smallest absolute Gasteiger partial charge is 0.383 e. The van der Waals surface area contributed by atoms with Gasteiger partial charge in [0.15, 0.2) is 5.75 Å². The van der Waals surface area contributed by atoms with Crippen LogP contribution in [0.2, 0.25) is 0 Å². The molecule has 0 aliphatic carbocycles. The third-order valence-electron chi connectivity index (χ3n) is 6.74. The third-order valence-corrected chi connectivity index (χ3v) is 6.74. The first-order valence-corrected chi connectivity index (χ1v) is 15.4. The zero-order valence-electron chi connectivity index (χ0n) is 25.7. The fourth-order valence-corrected chi connectivity index (χ4v) is 4.39. The van der Waals surface area contributed by atoms with E-state index in [2.05, 4.69) is 58.9 Å². The summed E-state index contributed by atoms with van der Waals surface area (Å²) >= 11 is 0. The molecule has 0 spiro atoms. The zero-order valence-corrected chi connectivity index (χ0v) is 25.7. The minimum atomic E-state index is -0.536. The van der Waals surface area contributed by atoms with Crippen molar-refractivity contribution in [1.29, 1.82) is 0 Å². The van der Waals surface area contributed by atoms with Gasteiger partial charge in [0.05, 0.1) is 18.6 Å². The topological polar surface area (TPSA) is 57.9 Å². The Bertz CT molecular complexity index is 1130. The third kappa shape index (κ3) is 12.9. The standard InChI is InChI=1S/C35H52O5/c1-6-8-10-12-13-14-15-17-24-37-30-21-22-31-32(27-30)40-35(36)34(38-25-16-11-9-7-2)33(31)39-26-23-29(5)20-18-19-28(3)4/h9,11,19,21-23,27H,6-8,10,12-18,20,24-26H2,1-5H3. The van der Waals surface area contributed by atoms with Crippen molar-refractivity contribution >= 4 is 11.0 Å². The van der Waals surface area contributed by atoms with Crippen LogP contribution in [0.1, 0.15) is 112 Å². The fraction of sp³-hybridized carbons (Fsp3) is 0.571. The van der Waals surface area contributed by atoms with Gasteiger partial charge >= 0.3 is 5.63 Å². The van der Waals surface area contributed by atoms with Crippen LogP contribution >= 0.6 is 0 Å². The van der Waals surface area contributed by atoms with E-state index >= 15 is 0 Å². The molecular weight excluding hydrogens is 500 g/mol. The molecule has 1 aromatic heterocycles. The van der Waals surface area contributed by atoms with E-state index < -0.39 is 5.63 Å². The second-order valence-corrected chi connectivity index (χ2v) is 10.7. The molecule has 0 unspecified atom stereocenters. The van der Waals surface area contributed by atoms with Crippen LogP contribution in [-0.2, 0) is 0 Å². The lowest BCUT2D eigenvalue weighted by Gasteiger charge is -2.14. The second kappa shape index (κ2) is 20.0. The molecule has 0 fully saturated rings. The summed E-state index contributed by atoms with van der Waals surface area (Å²) in [5.41, 5.74) is 2.47. The molecule has 0 saturated heterocycles. The molecule has 0 aliphatic rings. The number of benzene rings is 1. The van der Waals surface area contributed by atoms with Gasteiger partial charge in [-0.05, 0) is 71.1 Å². The lowest BCUT2D eigenvalue weighted by Crippen LogP contribution is -2.11. The summed E-state index contributed by atoms with van der Waals surface area (Å²) in [6.45, 7) is 12.0. The molecule has 0 bridgehead atoms.